The standard InChI is InChI=1S/C20H25N3O3/c1-5-11-26-17-10-9-13(21-18(24)8-4)12-15(17)19-22-16(7-3)14(6-2)20(25)23-19/h8-10,12H,4-7,11H2,1-3H3,(H,21,24)(H,22,23,25). The highest BCUT2D eigenvalue weighted by Gasteiger charge is 2.15. The Morgan fingerprint density at radius 2 is 2.08 bits per heavy atom. The van der Waals surface area contributed by atoms with Gasteiger partial charge in [0.15, 0.2) is 0 Å². The molecule has 0 unspecified atom stereocenters. The van der Waals surface area contributed by atoms with E-state index < -0.39 is 0 Å². The Kier molecular flexibility index (Phi) is 6.72. The number of carbonyl (C=O) groups excluding carboxylic acids is 1. The van der Waals surface area contributed by atoms with E-state index in [0.717, 1.165) is 12.1 Å². The van der Waals surface area contributed by atoms with Crippen LogP contribution in [0.3, 0.4) is 0 Å². The number of benzene rings is 1. The van der Waals surface area contributed by atoms with Crippen molar-refractivity contribution in [1.29, 1.82) is 0 Å². The number of ether oxygens (including phenoxy) is 1. The molecule has 1 heterocycles. The van der Waals surface area contributed by atoms with Crippen LogP contribution in [0.2, 0.25) is 0 Å². The molecule has 1 aromatic heterocycles. The largest absolute Gasteiger partial charge is 0.493 e. The molecule has 6 nitrogen and oxygen atoms in total. The fraction of sp³-hybridized carbons (Fsp3) is 0.350. The third-order valence-corrected chi connectivity index (χ3v) is 3.94. The highest BCUT2D eigenvalue weighted by atomic mass is 16.5. The second kappa shape index (κ2) is 8.99. The monoisotopic (exact) mass is 355 g/mol. The molecule has 0 fully saturated rings. The summed E-state index contributed by atoms with van der Waals surface area (Å²) in [5, 5.41) is 2.72. The molecule has 0 aliphatic heterocycles. The summed E-state index contributed by atoms with van der Waals surface area (Å²) in [6, 6.07) is 5.26. The maximum atomic E-state index is 12.4. The minimum absolute atomic E-state index is 0.142. The number of carbonyl (C=O) groups is 1. The highest BCUT2D eigenvalue weighted by Crippen LogP contribution is 2.31. The molecule has 0 saturated heterocycles. The summed E-state index contributed by atoms with van der Waals surface area (Å²) in [5.74, 6) is 0.734. The lowest BCUT2D eigenvalue weighted by molar-refractivity contribution is -0.111. The van der Waals surface area contributed by atoms with Crippen molar-refractivity contribution in [3.05, 3.63) is 52.5 Å². The third-order valence-electron chi connectivity index (χ3n) is 3.94. The van der Waals surface area contributed by atoms with E-state index in [9.17, 15) is 9.59 Å². The van der Waals surface area contributed by atoms with Crippen LogP contribution in [0.25, 0.3) is 11.4 Å². The zero-order chi connectivity index (χ0) is 19.1. The zero-order valence-corrected chi connectivity index (χ0v) is 15.5. The van der Waals surface area contributed by atoms with Gasteiger partial charge in [0.2, 0.25) is 5.91 Å². The first kappa shape index (κ1) is 19.4. The molecule has 2 rings (SSSR count). The van der Waals surface area contributed by atoms with Gasteiger partial charge in [-0.05, 0) is 43.5 Å². The number of aromatic nitrogens is 2. The van der Waals surface area contributed by atoms with Crippen molar-refractivity contribution < 1.29 is 9.53 Å². The van der Waals surface area contributed by atoms with Crippen LogP contribution in [0.5, 0.6) is 5.75 Å². The van der Waals surface area contributed by atoms with Crippen LogP contribution in [0.4, 0.5) is 5.69 Å². The lowest BCUT2D eigenvalue weighted by Gasteiger charge is -2.14. The van der Waals surface area contributed by atoms with Crippen molar-refractivity contribution in [3.63, 3.8) is 0 Å². The molecule has 0 aliphatic rings. The summed E-state index contributed by atoms with van der Waals surface area (Å²) in [7, 11) is 0. The summed E-state index contributed by atoms with van der Waals surface area (Å²) < 4.78 is 5.80. The van der Waals surface area contributed by atoms with Crippen LogP contribution in [-0.4, -0.2) is 22.5 Å². The molecule has 26 heavy (non-hydrogen) atoms. The van der Waals surface area contributed by atoms with Gasteiger partial charge < -0.3 is 15.0 Å². The number of hydrogen-bond donors (Lipinski definition) is 2. The SMILES string of the molecule is C=CC(=O)Nc1ccc(OCCC)c(-c2nc(CC)c(CC)c(=O)[nH]2)c1. The number of hydrogen-bond acceptors (Lipinski definition) is 4. The van der Waals surface area contributed by atoms with E-state index in [1.54, 1.807) is 18.2 Å². The smallest absolute Gasteiger partial charge is 0.254 e. The van der Waals surface area contributed by atoms with Crippen LogP contribution in [0, 0.1) is 0 Å². The average molecular weight is 355 g/mol. The second-order valence-electron chi connectivity index (χ2n) is 5.80. The molecule has 0 radical (unpaired) electrons. The maximum Gasteiger partial charge on any atom is 0.254 e. The molecule has 1 amide bonds. The van der Waals surface area contributed by atoms with Gasteiger partial charge in [0.1, 0.15) is 11.6 Å². The number of aryl methyl sites for hydroxylation is 1. The number of amides is 1. The Balaban J connectivity index is 2.58. The molecule has 1 aromatic carbocycles. The van der Waals surface area contributed by atoms with Crippen molar-refractivity contribution in [2.24, 2.45) is 0 Å². The Hall–Kier alpha value is -2.89. The van der Waals surface area contributed by atoms with Crippen molar-refractivity contribution >= 4 is 11.6 Å². The fourth-order valence-electron chi connectivity index (χ4n) is 2.65. The van der Waals surface area contributed by atoms with E-state index in [1.807, 2.05) is 20.8 Å². The quantitative estimate of drug-likeness (QED) is 0.710. The van der Waals surface area contributed by atoms with Crippen molar-refractivity contribution in [3.8, 4) is 17.1 Å². The number of aromatic amines is 1. The van der Waals surface area contributed by atoms with Gasteiger partial charge in [0.25, 0.3) is 5.56 Å². The highest BCUT2D eigenvalue weighted by molar-refractivity contribution is 5.99. The Morgan fingerprint density at radius 3 is 2.69 bits per heavy atom. The summed E-state index contributed by atoms with van der Waals surface area (Å²) in [6.07, 6.45) is 3.35. The Bertz CT molecular complexity index is 856. The third kappa shape index (κ3) is 4.39. The molecule has 0 bridgehead atoms. The molecule has 0 atom stereocenters. The molecule has 0 spiro atoms. The summed E-state index contributed by atoms with van der Waals surface area (Å²) in [6.45, 7) is 9.92. The van der Waals surface area contributed by atoms with Gasteiger partial charge in [0, 0.05) is 11.3 Å². The van der Waals surface area contributed by atoms with E-state index in [1.165, 1.54) is 6.08 Å². The van der Waals surface area contributed by atoms with Gasteiger partial charge in [-0.25, -0.2) is 4.98 Å². The van der Waals surface area contributed by atoms with Gasteiger partial charge in [-0.1, -0.05) is 27.4 Å². The van der Waals surface area contributed by atoms with Crippen LogP contribution < -0.4 is 15.6 Å². The molecule has 2 aromatic rings. The van der Waals surface area contributed by atoms with E-state index >= 15 is 0 Å². The van der Waals surface area contributed by atoms with Gasteiger partial charge in [-0.3, -0.25) is 9.59 Å². The number of nitrogens with one attached hydrogen (secondary N) is 2. The van der Waals surface area contributed by atoms with Gasteiger partial charge in [0.05, 0.1) is 17.9 Å². The van der Waals surface area contributed by atoms with Gasteiger partial charge in [-0.15, -0.1) is 0 Å². The van der Waals surface area contributed by atoms with Crippen molar-refractivity contribution in [1.82, 2.24) is 9.97 Å². The van der Waals surface area contributed by atoms with E-state index in [2.05, 4.69) is 21.9 Å². The molecular weight excluding hydrogens is 330 g/mol. The Labute approximate surface area is 153 Å². The number of rotatable bonds is 8. The van der Waals surface area contributed by atoms with Crippen LogP contribution in [0.1, 0.15) is 38.4 Å². The molecule has 2 N–H and O–H groups in total. The molecule has 0 aliphatic carbocycles. The van der Waals surface area contributed by atoms with Crippen LogP contribution in [0.15, 0.2) is 35.6 Å². The normalized spacial score (nSPS) is 10.4. The van der Waals surface area contributed by atoms with Gasteiger partial charge >= 0.3 is 0 Å². The van der Waals surface area contributed by atoms with Gasteiger partial charge in [-0.2, -0.15) is 0 Å². The van der Waals surface area contributed by atoms with Crippen molar-refractivity contribution in [2.45, 2.75) is 40.0 Å². The molecule has 138 valence electrons. The topological polar surface area (TPSA) is 84.1 Å². The first-order chi connectivity index (χ1) is 12.5. The fourth-order valence-corrected chi connectivity index (χ4v) is 2.65. The predicted octanol–water partition coefficient (Wildman–Crippen LogP) is 3.48. The number of H-pyrrole nitrogens is 1. The van der Waals surface area contributed by atoms with Crippen molar-refractivity contribution in [2.75, 3.05) is 11.9 Å². The molecule has 6 heteroatoms. The summed E-state index contributed by atoms with van der Waals surface area (Å²) >= 11 is 0. The van der Waals surface area contributed by atoms with E-state index in [-0.39, 0.29) is 11.5 Å². The lowest BCUT2D eigenvalue weighted by atomic mass is 10.1. The van der Waals surface area contributed by atoms with E-state index in [0.29, 0.717) is 47.8 Å². The minimum atomic E-state index is -0.310. The number of anilines is 1. The first-order valence-corrected chi connectivity index (χ1v) is 8.86. The minimum Gasteiger partial charge on any atom is -0.493 e. The molecule has 0 saturated carbocycles. The summed E-state index contributed by atoms with van der Waals surface area (Å²) in [5.41, 5.74) is 2.54. The summed E-state index contributed by atoms with van der Waals surface area (Å²) in [4.78, 5) is 31.5. The predicted molar refractivity (Wildman–Crippen MR) is 104 cm³/mol. The lowest BCUT2D eigenvalue weighted by Crippen LogP contribution is -2.18. The Morgan fingerprint density at radius 1 is 1.31 bits per heavy atom. The van der Waals surface area contributed by atoms with E-state index in [4.69, 9.17) is 4.74 Å². The maximum absolute atomic E-state index is 12.4. The van der Waals surface area contributed by atoms with Crippen LogP contribution >= 0.6 is 0 Å². The first-order valence-electron chi connectivity index (χ1n) is 8.86. The average Bonchev–Trinajstić information content (AvgIpc) is 2.65. The second-order valence-corrected chi connectivity index (χ2v) is 5.80. The zero-order valence-electron chi connectivity index (χ0n) is 15.5. The number of nitrogens with zero attached hydrogens (tertiary/aromatic N) is 1. The molecular formula is C20H25N3O3. The van der Waals surface area contributed by atoms with Crippen LogP contribution in [-0.2, 0) is 17.6 Å².